The van der Waals surface area contributed by atoms with Gasteiger partial charge in [0.25, 0.3) is 0 Å². The van der Waals surface area contributed by atoms with Crippen molar-refractivity contribution in [3.8, 4) is 0 Å². The molecule has 2 fully saturated rings. The molecule has 2 aromatic heterocycles. The van der Waals surface area contributed by atoms with Crippen LogP contribution in [0.4, 0.5) is 11.8 Å². The Hall–Kier alpha value is -1.71. The molecule has 8 nitrogen and oxygen atoms in total. The highest BCUT2D eigenvalue weighted by atomic mass is 32.1. The first-order valence-electron chi connectivity index (χ1n) is 8.37. The molecule has 24 heavy (non-hydrogen) atoms. The average Bonchev–Trinajstić information content (AvgIpc) is 3.26. The van der Waals surface area contributed by atoms with E-state index in [0.29, 0.717) is 23.9 Å². The lowest BCUT2D eigenvalue weighted by Gasteiger charge is -2.15. The van der Waals surface area contributed by atoms with Gasteiger partial charge in [-0.05, 0) is 25.7 Å². The van der Waals surface area contributed by atoms with Crippen LogP contribution < -0.4 is 15.9 Å². The zero-order chi connectivity index (χ0) is 16.7. The van der Waals surface area contributed by atoms with E-state index in [9.17, 15) is 9.90 Å². The van der Waals surface area contributed by atoms with E-state index >= 15 is 0 Å². The zero-order valence-electron chi connectivity index (χ0n) is 13.3. The van der Waals surface area contributed by atoms with Gasteiger partial charge >= 0.3 is 4.87 Å². The molecule has 130 valence electrons. The summed E-state index contributed by atoms with van der Waals surface area (Å²) in [5, 5.41) is 12.7. The van der Waals surface area contributed by atoms with E-state index in [2.05, 4.69) is 15.3 Å². The van der Waals surface area contributed by atoms with Gasteiger partial charge in [0.2, 0.25) is 5.95 Å². The molecular weight excluding hydrogens is 330 g/mol. The van der Waals surface area contributed by atoms with Crippen LogP contribution in [0.25, 0.3) is 10.3 Å². The van der Waals surface area contributed by atoms with Crippen molar-refractivity contribution in [3.63, 3.8) is 0 Å². The molecule has 2 aromatic rings. The fourth-order valence-corrected chi connectivity index (χ4v) is 4.48. The van der Waals surface area contributed by atoms with Gasteiger partial charge in [-0.3, -0.25) is 9.36 Å². The van der Waals surface area contributed by atoms with E-state index in [0.717, 1.165) is 35.3 Å². The van der Waals surface area contributed by atoms with Crippen LogP contribution >= 0.6 is 11.3 Å². The van der Waals surface area contributed by atoms with Crippen LogP contribution in [0, 0.1) is 0 Å². The van der Waals surface area contributed by atoms with E-state index in [4.69, 9.17) is 10.5 Å². The molecule has 0 bridgehead atoms. The minimum Gasteiger partial charge on any atom is -0.394 e. The Bertz CT molecular complexity index is 798. The van der Waals surface area contributed by atoms with Gasteiger partial charge in [0.1, 0.15) is 10.9 Å². The van der Waals surface area contributed by atoms with Crippen LogP contribution in [0.3, 0.4) is 0 Å². The van der Waals surface area contributed by atoms with Crippen molar-refractivity contribution < 1.29 is 9.84 Å². The number of nitrogens with one attached hydrogen (secondary N) is 1. The number of hydrogen-bond acceptors (Lipinski definition) is 8. The third-order valence-electron chi connectivity index (χ3n) is 4.75. The number of hydrogen-bond donors (Lipinski definition) is 3. The summed E-state index contributed by atoms with van der Waals surface area (Å²) >= 11 is 1.11. The molecule has 1 saturated carbocycles. The van der Waals surface area contributed by atoms with Gasteiger partial charge in [0.15, 0.2) is 11.5 Å². The molecule has 1 saturated heterocycles. The Morgan fingerprint density at radius 2 is 2.08 bits per heavy atom. The maximum absolute atomic E-state index is 12.5. The van der Waals surface area contributed by atoms with Gasteiger partial charge in [-0.25, -0.2) is 0 Å². The number of aromatic nitrogens is 3. The molecule has 0 aromatic carbocycles. The number of nitrogen functional groups attached to an aromatic ring is 1. The highest BCUT2D eigenvalue weighted by Gasteiger charge is 2.30. The highest BCUT2D eigenvalue weighted by molar-refractivity contribution is 7.17. The van der Waals surface area contributed by atoms with Crippen LogP contribution in [-0.2, 0) is 4.74 Å². The lowest BCUT2D eigenvalue weighted by molar-refractivity contribution is -0.0214. The first-order valence-corrected chi connectivity index (χ1v) is 9.18. The first-order chi connectivity index (χ1) is 11.7. The summed E-state index contributed by atoms with van der Waals surface area (Å²) < 4.78 is 8.02. The summed E-state index contributed by atoms with van der Waals surface area (Å²) in [7, 11) is 0. The first kappa shape index (κ1) is 15.8. The van der Waals surface area contributed by atoms with Crippen molar-refractivity contribution >= 4 is 33.5 Å². The second kappa shape index (κ2) is 6.30. The van der Waals surface area contributed by atoms with Crippen LogP contribution in [0.5, 0.6) is 0 Å². The van der Waals surface area contributed by atoms with Crippen LogP contribution in [0.15, 0.2) is 4.79 Å². The van der Waals surface area contributed by atoms with E-state index < -0.39 is 6.23 Å². The van der Waals surface area contributed by atoms with Crippen molar-refractivity contribution in [2.45, 2.75) is 56.9 Å². The van der Waals surface area contributed by atoms with E-state index in [-0.39, 0.29) is 23.5 Å². The SMILES string of the molecule is Nc1nc(NC2CCCC2)c2sc(=O)n([C@H]3CC[C@@H](CO)O3)c2n1. The Kier molecular flexibility index (Phi) is 4.15. The van der Waals surface area contributed by atoms with Gasteiger partial charge in [-0.2, -0.15) is 9.97 Å². The second-order valence-corrected chi connectivity index (χ2v) is 7.38. The van der Waals surface area contributed by atoms with Crippen LogP contribution in [0.1, 0.15) is 44.8 Å². The number of nitrogens with two attached hydrogens (primary N) is 1. The highest BCUT2D eigenvalue weighted by Crippen LogP contribution is 2.33. The molecule has 0 amide bonds. The number of anilines is 2. The quantitative estimate of drug-likeness (QED) is 0.764. The van der Waals surface area contributed by atoms with Crippen molar-refractivity contribution in [2.24, 2.45) is 0 Å². The summed E-state index contributed by atoms with van der Waals surface area (Å²) in [6.45, 7) is -0.0427. The molecule has 0 unspecified atom stereocenters. The third kappa shape index (κ3) is 2.76. The van der Waals surface area contributed by atoms with E-state index in [1.165, 1.54) is 12.8 Å². The molecule has 2 aliphatic rings. The summed E-state index contributed by atoms with van der Waals surface area (Å²) in [6, 6.07) is 0.370. The predicted molar refractivity (Wildman–Crippen MR) is 92.2 cm³/mol. The molecular formula is C15H21N5O3S. The van der Waals surface area contributed by atoms with Crippen molar-refractivity contribution in [1.29, 1.82) is 0 Å². The number of aliphatic hydroxyl groups excluding tert-OH is 1. The largest absolute Gasteiger partial charge is 0.394 e. The standard InChI is InChI=1S/C15H21N5O3S/c16-14-18-12(17-8-3-1-2-4-8)11-13(19-14)20(15(22)24-11)10-6-5-9(7-21)23-10/h8-10,21H,1-7H2,(H3,16,17,18,19)/t9-,10+/m0/s1. The van der Waals surface area contributed by atoms with Gasteiger partial charge in [0.05, 0.1) is 12.7 Å². The molecule has 2 atom stereocenters. The summed E-state index contributed by atoms with van der Waals surface area (Å²) in [4.78, 5) is 21.0. The van der Waals surface area contributed by atoms with Crippen LogP contribution in [-0.4, -0.2) is 38.4 Å². The number of nitrogens with zero attached hydrogens (tertiary/aromatic N) is 3. The molecule has 0 spiro atoms. The second-order valence-electron chi connectivity index (χ2n) is 6.42. The fourth-order valence-electron chi connectivity index (χ4n) is 3.56. The molecule has 3 heterocycles. The normalized spacial score (nSPS) is 24.9. The number of fused-ring (bicyclic) bond motifs is 1. The summed E-state index contributed by atoms with van der Waals surface area (Å²) in [5.74, 6) is 0.785. The molecule has 4 N–H and O–H groups in total. The third-order valence-corrected chi connectivity index (χ3v) is 5.70. The predicted octanol–water partition coefficient (Wildman–Crippen LogP) is 1.46. The molecule has 4 rings (SSSR count). The van der Waals surface area contributed by atoms with Crippen molar-refractivity contribution in [2.75, 3.05) is 17.7 Å². The molecule has 0 radical (unpaired) electrons. The van der Waals surface area contributed by atoms with Gasteiger partial charge in [-0.15, -0.1) is 0 Å². The minimum absolute atomic E-state index is 0.0427. The zero-order valence-corrected chi connectivity index (χ0v) is 14.1. The Labute approximate surface area is 142 Å². The maximum atomic E-state index is 12.5. The topological polar surface area (TPSA) is 115 Å². The molecule has 9 heteroatoms. The number of aliphatic hydroxyl groups is 1. The Balaban J connectivity index is 1.74. The number of rotatable bonds is 4. The minimum atomic E-state index is -0.406. The van der Waals surface area contributed by atoms with E-state index in [1.54, 1.807) is 4.57 Å². The Morgan fingerprint density at radius 1 is 1.29 bits per heavy atom. The molecule has 1 aliphatic carbocycles. The van der Waals surface area contributed by atoms with Crippen LogP contribution in [0.2, 0.25) is 0 Å². The Morgan fingerprint density at radius 3 is 2.79 bits per heavy atom. The monoisotopic (exact) mass is 351 g/mol. The van der Waals surface area contributed by atoms with E-state index in [1.807, 2.05) is 0 Å². The lowest BCUT2D eigenvalue weighted by atomic mass is 10.2. The maximum Gasteiger partial charge on any atom is 0.311 e. The van der Waals surface area contributed by atoms with Gasteiger partial charge in [0, 0.05) is 6.04 Å². The van der Waals surface area contributed by atoms with Crippen molar-refractivity contribution in [3.05, 3.63) is 9.67 Å². The van der Waals surface area contributed by atoms with Gasteiger partial charge < -0.3 is 20.9 Å². The fraction of sp³-hybridized carbons (Fsp3) is 0.667. The summed E-state index contributed by atoms with van der Waals surface area (Å²) in [6.07, 6.45) is 5.37. The number of ether oxygens (including phenoxy) is 1. The number of thiazole rings is 1. The van der Waals surface area contributed by atoms with Crippen molar-refractivity contribution in [1.82, 2.24) is 14.5 Å². The lowest BCUT2D eigenvalue weighted by Crippen LogP contribution is -2.22. The smallest absolute Gasteiger partial charge is 0.311 e. The van der Waals surface area contributed by atoms with Gasteiger partial charge in [-0.1, -0.05) is 24.2 Å². The molecule has 1 aliphatic heterocycles. The summed E-state index contributed by atoms with van der Waals surface area (Å²) in [5.41, 5.74) is 6.39. The average molecular weight is 351 g/mol.